The van der Waals surface area contributed by atoms with E-state index in [1.165, 1.54) is 45.6 Å². The lowest BCUT2D eigenvalue weighted by Gasteiger charge is -2.26. The van der Waals surface area contributed by atoms with Gasteiger partial charge in [0.15, 0.2) is 11.5 Å². The van der Waals surface area contributed by atoms with Gasteiger partial charge in [0.2, 0.25) is 0 Å². The third-order valence-corrected chi connectivity index (χ3v) is 4.60. The van der Waals surface area contributed by atoms with Gasteiger partial charge in [0, 0.05) is 6.08 Å². The average Bonchev–Trinajstić information content (AvgIpc) is 2.60. The van der Waals surface area contributed by atoms with Crippen LogP contribution in [0.25, 0.3) is 0 Å². The first-order valence-electron chi connectivity index (χ1n) is 6.92. The normalized spacial score (nSPS) is 16.1. The molecule has 0 saturated carbocycles. The number of hydrogen-bond acceptors (Lipinski definition) is 7. The van der Waals surface area contributed by atoms with Crippen LogP contribution < -0.4 is 14.9 Å². The van der Waals surface area contributed by atoms with Crippen molar-refractivity contribution in [2.24, 2.45) is 4.40 Å². The molecule has 0 unspecified atom stereocenters. The number of rotatable bonds is 5. The molecule has 1 aliphatic carbocycles. The van der Waals surface area contributed by atoms with Gasteiger partial charge in [-0.2, -0.15) is 18.8 Å². The third-order valence-electron chi connectivity index (χ3n) is 3.30. The fourth-order valence-electron chi connectivity index (χ4n) is 2.04. The largest absolute Gasteiger partial charge is 0.883 e. The lowest BCUT2D eigenvalue weighted by atomic mass is 10.0. The predicted octanol–water partition coefficient (Wildman–Crippen LogP) is -0.169. The van der Waals surface area contributed by atoms with Crippen molar-refractivity contribution < 1.29 is 32.8 Å². The first-order valence-corrected chi connectivity index (χ1v) is 8.36. The van der Waals surface area contributed by atoms with Gasteiger partial charge in [-0.15, -0.1) is 0 Å². The van der Waals surface area contributed by atoms with Crippen molar-refractivity contribution in [3.63, 3.8) is 0 Å². The topological polar surface area (TPSA) is 120 Å². The maximum absolute atomic E-state index is 12.4. The van der Waals surface area contributed by atoms with Crippen molar-refractivity contribution in [2.75, 3.05) is 21.3 Å². The number of nitrogens with zero attached hydrogens (tertiary/aromatic N) is 1. The summed E-state index contributed by atoms with van der Waals surface area (Å²) in [5.74, 6) is -0.871. The number of hydrogen-bond donors (Lipinski definition) is 0. The van der Waals surface area contributed by atoms with Crippen LogP contribution in [0.2, 0.25) is 0 Å². The van der Waals surface area contributed by atoms with Gasteiger partial charge in [0.05, 0.1) is 31.9 Å². The molecule has 0 spiro atoms. The third kappa shape index (κ3) is 3.94. The molecule has 0 aliphatic heterocycles. The summed E-state index contributed by atoms with van der Waals surface area (Å²) < 4.78 is 43.5. The van der Waals surface area contributed by atoms with Gasteiger partial charge in [-0.1, -0.05) is 0 Å². The molecule has 9 heteroatoms. The highest BCUT2D eigenvalue weighted by Gasteiger charge is 2.21. The lowest BCUT2D eigenvalue weighted by molar-refractivity contribution is -0.513. The summed E-state index contributed by atoms with van der Waals surface area (Å²) in [6.45, 7) is 0. The number of sulfonamides is 1. The molecule has 0 heterocycles. The zero-order valence-corrected chi connectivity index (χ0v) is 14.5. The molecular formula is C16H15NO7S-2. The van der Waals surface area contributed by atoms with Gasteiger partial charge in [-0.05, 0) is 35.9 Å². The molecule has 1 aromatic carbocycles. The summed E-state index contributed by atoms with van der Waals surface area (Å²) in [6, 6.07) is 5.52. The van der Waals surface area contributed by atoms with Gasteiger partial charge in [-0.25, -0.2) is 0 Å². The molecular weight excluding hydrogens is 350 g/mol. The summed E-state index contributed by atoms with van der Waals surface area (Å²) in [7, 11) is -0.0560. The van der Waals surface area contributed by atoms with Crippen LogP contribution in [0.4, 0.5) is 0 Å². The summed E-state index contributed by atoms with van der Waals surface area (Å²) in [5.41, 5.74) is -0.761. The van der Waals surface area contributed by atoms with Crippen molar-refractivity contribution in [3.05, 3.63) is 59.5 Å². The second-order valence-corrected chi connectivity index (χ2v) is 6.36. The van der Waals surface area contributed by atoms with E-state index in [4.69, 9.17) is 14.2 Å². The van der Waals surface area contributed by atoms with Crippen molar-refractivity contribution in [2.45, 2.75) is 4.90 Å². The van der Waals surface area contributed by atoms with E-state index < -0.39 is 21.5 Å². The Hall–Kier alpha value is -2.94. The second-order valence-electron chi connectivity index (χ2n) is 4.75. The Balaban J connectivity index is 2.54. The molecule has 0 saturated heterocycles. The SMILES string of the molecule is COC1=CC(=NS(=O)(=O)c2ccc(OC)cc2)C(=C([O-])[O-])C=C1OC. The van der Waals surface area contributed by atoms with E-state index in [0.717, 1.165) is 12.2 Å². The van der Waals surface area contributed by atoms with Crippen LogP contribution in [-0.2, 0) is 19.5 Å². The van der Waals surface area contributed by atoms with Crippen LogP contribution >= 0.6 is 0 Å². The quantitative estimate of drug-likeness (QED) is 0.664. The van der Waals surface area contributed by atoms with E-state index in [1.54, 1.807) is 0 Å². The van der Waals surface area contributed by atoms with Crippen LogP contribution in [0.1, 0.15) is 0 Å². The van der Waals surface area contributed by atoms with E-state index in [9.17, 15) is 18.6 Å². The molecule has 134 valence electrons. The highest BCUT2D eigenvalue weighted by atomic mass is 32.2. The molecule has 2 rings (SSSR count). The Kier molecular flexibility index (Phi) is 5.38. The number of ether oxygens (including phenoxy) is 3. The Morgan fingerprint density at radius 2 is 1.48 bits per heavy atom. The fourth-order valence-corrected chi connectivity index (χ4v) is 3.03. The van der Waals surface area contributed by atoms with Crippen LogP contribution in [0.5, 0.6) is 5.75 Å². The van der Waals surface area contributed by atoms with Crippen molar-refractivity contribution >= 4 is 15.7 Å². The monoisotopic (exact) mass is 365 g/mol. The van der Waals surface area contributed by atoms with Crippen LogP contribution in [0.3, 0.4) is 0 Å². The zero-order chi connectivity index (χ0) is 18.6. The highest BCUT2D eigenvalue weighted by Crippen LogP contribution is 2.25. The van der Waals surface area contributed by atoms with Crippen molar-refractivity contribution in [1.29, 1.82) is 0 Å². The maximum Gasteiger partial charge on any atom is 0.282 e. The Bertz CT molecular complexity index is 874. The molecule has 1 aromatic rings. The van der Waals surface area contributed by atoms with Crippen molar-refractivity contribution in [1.82, 2.24) is 0 Å². The van der Waals surface area contributed by atoms with Gasteiger partial charge >= 0.3 is 0 Å². The minimum Gasteiger partial charge on any atom is -0.883 e. The minimum absolute atomic E-state index is 0.113. The molecule has 0 fully saturated rings. The number of allylic oxidation sites excluding steroid dienone is 3. The van der Waals surface area contributed by atoms with E-state index in [0.29, 0.717) is 5.75 Å². The standard InChI is InChI=1S/C16H17NO7S/c1-22-10-4-6-11(7-5-10)25(20,21)17-13-9-15(24-3)14(23-2)8-12(13)16(18)19/h4-9,18-19H,1-3H3/p-2. The highest BCUT2D eigenvalue weighted by molar-refractivity contribution is 7.90. The smallest absolute Gasteiger partial charge is 0.282 e. The molecule has 8 nitrogen and oxygen atoms in total. The number of benzene rings is 1. The van der Waals surface area contributed by atoms with E-state index >= 15 is 0 Å². The van der Waals surface area contributed by atoms with Gasteiger partial charge in [0.1, 0.15) is 5.75 Å². The molecule has 0 bridgehead atoms. The van der Waals surface area contributed by atoms with E-state index in [1.807, 2.05) is 0 Å². The molecule has 0 N–H and O–H groups in total. The average molecular weight is 365 g/mol. The molecule has 0 aromatic heterocycles. The zero-order valence-electron chi connectivity index (χ0n) is 13.7. The van der Waals surface area contributed by atoms with Crippen LogP contribution in [0.15, 0.2) is 68.7 Å². The first-order chi connectivity index (χ1) is 11.8. The second kappa shape index (κ2) is 7.31. The lowest BCUT2D eigenvalue weighted by Crippen LogP contribution is -2.25. The van der Waals surface area contributed by atoms with Gasteiger partial charge in [-0.3, -0.25) is 0 Å². The molecule has 0 radical (unpaired) electrons. The van der Waals surface area contributed by atoms with Gasteiger partial charge < -0.3 is 24.4 Å². The van der Waals surface area contributed by atoms with Gasteiger partial charge in [0.25, 0.3) is 10.0 Å². The molecule has 1 aliphatic rings. The summed E-state index contributed by atoms with van der Waals surface area (Å²) in [6.07, 6.45) is 2.25. The molecule has 25 heavy (non-hydrogen) atoms. The summed E-state index contributed by atoms with van der Waals surface area (Å²) >= 11 is 0. The predicted molar refractivity (Wildman–Crippen MR) is 84.8 cm³/mol. The summed E-state index contributed by atoms with van der Waals surface area (Å²) in [5, 5.41) is 22.6. The van der Waals surface area contributed by atoms with E-state index in [2.05, 4.69) is 4.40 Å². The summed E-state index contributed by atoms with van der Waals surface area (Å²) in [4.78, 5) is -0.118. The number of methoxy groups -OCH3 is 3. The molecule has 0 atom stereocenters. The Morgan fingerprint density at radius 3 is 1.96 bits per heavy atom. The maximum atomic E-state index is 12.4. The molecule has 0 amide bonds. The Morgan fingerprint density at radius 1 is 0.920 bits per heavy atom. The van der Waals surface area contributed by atoms with Crippen LogP contribution in [0, 0.1) is 0 Å². The Labute approximate surface area is 145 Å². The fraction of sp³-hybridized carbons (Fsp3) is 0.188. The van der Waals surface area contributed by atoms with Crippen LogP contribution in [-0.4, -0.2) is 35.5 Å². The van der Waals surface area contributed by atoms with E-state index in [-0.39, 0.29) is 22.1 Å². The first kappa shape index (κ1) is 18.4. The minimum atomic E-state index is -4.16. The van der Waals surface area contributed by atoms with Crippen molar-refractivity contribution in [3.8, 4) is 5.75 Å².